The molecule has 2 amide bonds. The normalized spacial score (nSPS) is 21.8. The number of rotatable bonds is 3. The van der Waals surface area contributed by atoms with Gasteiger partial charge in [-0.15, -0.1) is 0 Å². The van der Waals surface area contributed by atoms with Crippen LogP contribution in [-0.4, -0.2) is 52.9 Å². The third-order valence-electron chi connectivity index (χ3n) is 3.43. The predicted octanol–water partition coefficient (Wildman–Crippen LogP) is 0.509. The number of likely N-dealkylation sites (tertiary alicyclic amines) is 1. The van der Waals surface area contributed by atoms with Crippen molar-refractivity contribution >= 4 is 12.0 Å². The molecular weight excluding hydrogens is 236 g/mol. The Balaban J connectivity index is 2.39. The summed E-state index contributed by atoms with van der Waals surface area (Å²) in [5.74, 6) is -0.878. The van der Waals surface area contributed by atoms with E-state index in [2.05, 4.69) is 26.1 Å². The van der Waals surface area contributed by atoms with E-state index >= 15 is 0 Å². The topological polar surface area (TPSA) is 89.9 Å². The lowest BCUT2D eigenvalue weighted by atomic mass is 9.80. The van der Waals surface area contributed by atoms with E-state index in [-0.39, 0.29) is 18.0 Å². The van der Waals surface area contributed by atoms with Crippen LogP contribution >= 0.6 is 0 Å². The van der Waals surface area contributed by atoms with Crippen LogP contribution < -0.4 is 5.32 Å². The standard InChI is InChI=1S/C12H22N2O4/c1-12(2,3)8-4-5-14(7-8)11(18)13-6-9(15)10(16)17/h8-9,15H,4-7H2,1-3H3,(H,13,18)(H,16,17)/t8?,9-/m0/s1. The molecule has 1 aliphatic heterocycles. The van der Waals surface area contributed by atoms with Crippen molar-refractivity contribution in [1.29, 1.82) is 0 Å². The largest absolute Gasteiger partial charge is 0.479 e. The number of aliphatic hydroxyl groups excluding tert-OH is 1. The monoisotopic (exact) mass is 258 g/mol. The number of hydrogen-bond acceptors (Lipinski definition) is 3. The molecule has 0 spiro atoms. The van der Waals surface area contributed by atoms with E-state index in [4.69, 9.17) is 10.2 Å². The molecule has 1 unspecified atom stereocenters. The van der Waals surface area contributed by atoms with Crippen molar-refractivity contribution in [2.45, 2.75) is 33.3 Å². The smallest absolute Gasteiger partial charge is 0.334 e. The Bertz CT molecular complexity index is 325. The molecule has 0 aromatic rings. The maximum absolute atomic E-state index is 11.8. The van der Waals surface area contributed by atoms with E-state index in [9.17, 15) is 9.59 Å². The first kappa shape index (κ1) is 14.8. The van der Waals surface area contributed by atoms with Gasteiger partial charge in [-0.25, -0.2) is 9.59 Å². The van der Waals surface area contributed by atoms with Crippen molar-refractivity contribution in [1.82, 2.24) is 10.2 Å². The molecule has 1 saturated heterocycles. The molecular formula is C12H22N2O4. The summed E-state index contributed by atoms with van der Waals surface area (Å²) in [5, 5.41) is 20.0. The van der Waals surface area contributed by atoms with Crippen LogP contribution in [0.3, 0.4) is 0 Å². The van der Waals surface area contributed by atoms with Crippen molar-refractivity contribution < 1.29 is 19.8 Å². The van der Waals surface area contributed by atoms with E-state index in [1.165, 1.54) is 0 Å². The van der Waals surface area contributed by atoms with Gasteiger partial charge in [0, 0.05) is 13.1 Å². The molecule has 6 heteroatoms. The molecule has 0 aromatic heterocycles. The van der Waals surface area contributed by atoms with Crippen LogP contribution in [0.1, 0.15) is 27.2 Å². The minimum atomic E-state index is -1.55. The Morgan fingerprint density at radius 3 is 2.50 bits per heavy atom. The van der Waals surface area contributed by atoms with E-state index in [0.717, 1.165) is 6.42 Å². The molecule has 1 heterocycles. The second-order valence-corrected chi connectivity index (χ2v) is 5.84. The van der Waals surface area contributed by atoms with E-state index in [0.29, 0.717) is 19.0 Å². The van der Waals surface area contributed by atoms with Gasteiger partial charge in [0.25, 0.3) is 0 Å². The zero-order valence-electron chi connectivity index (χ0n) is 11.1. The van der Waals surface area contributed by atoms with Crippen LogP contribution in [0.5, 0.6) is 0 Å². The van der Waals surface area contributed by atoms with Gasteiger partial charge < -0.3 is 20.4 Å². The maximum atomic E-state index is 11.8. The Morgan fingerprint density at radius 2 is 2.06 bits per heavy atom. The van der Waals surface area contributed by atoms with Gasteiger partial charge in [0.05, 0.1) is 6.54 Å². The predicted molar refractivity (Wildman–Crippen MR) is 66.2 cm³/mol. The zero-order chi connectivity index (χ0) is 13.9. The number of nitrogens with zero attached hydrogens (tertiary/aromatic N) is 1. The van der Waals surface area contributed by atoms with E-state index < -0.39 is 12.1 Å². The number of aliphatic carboxylic acids is 1. The van der Waals surface area contributed by atoms with Crippen molar-refractivity contribution in [2.24, 2.45) is 11.3 Å². The fourth-order valence-electron chi connectivity index (χ4n) is 2.03. The number of carboxylic acids is 1. The van der Waals surface area contributed by atoms with Gasteiger partial charge in [0.15, 0.2) is 6.10 Å². The van der Waals surface area contributed by atoms with Crippen LogP contribution in [0.25, 0.3) is 0 Å². The highest BCUT2D eigenvalue weighted by atomic mass is 16.4. The number of urea groups is 1. The summed E-state index contributed by atoms with van der Waals surface area (Å²) in [6.45, 7) is 7.54. The fourth-order valence-corrected chi connectivity index (χ4v) is 2.03. The fraction of sp³-hybridized carbons (Fsp3) is 0.833. The molecule has 0 saturated carbocycles. The second kappa shape index (κ2) is 5.56. The van der Waals surface area contributed by atoms with Gasteiger partial charge in [-0.3, -0.25) is 0 Å². The molecule has 0 bridgehead atoms. The first-order valence-corrected chi connectivity index (χ1v) is 6.15. The average molecular weight is 258 g/mol. The van der Waals surface area contributed by atoms with Crippen LogP contribution in [0.15, 0.2) is 0 Å². The van der Waals surface area contributed by atoms with Gasteiger partial charge in [-0.2, -0.15) is 0 Å². The molecule has 0 radical (unpaired) electrons. The van der Waals surface area contributed by atoms with Gasteiger partial charge >= 0.3 is 12.0 Å². The Kier molecular flexibility index (Phi) is 4.56. The van der Waals surface area contributed by atoms with Gasteiger partial charge in [-0.05, 0) is 17.8 Å². The summed E-state index contributed by atoms with van der Waals surface area (Å²) in [6.07, 6.45) is -0.590. The lowest BCUT2D eigenvalue weighted by molar-refractivity contribution is -0.146. The lowest BCUT2D eigenvalue weighted by Crippen LogP contribution is -2.44. The first-order chi connectivity index (χ1) is 8.21. The molecule has 104 valence electrons. The number of carboxylic acid groups (broad SMARTS) is 1. The van der Waals surface area contributed by atoms with Gasteiger partial charge in [0.1, 0.15) is 0 Å². The molecule has 3 N–H and O–H groups in total. The Labute approximate surface area is 107 Å². The third-order valence-corrected chi connectivity index (χ3v) is 3.43. The Morgan fingerprint density at radius 1 is 1.44 bits per heavy atom. The van der Waals surface area contributed by atoms with Crippen LogP contribution in [0, 0.1) is 11.3 Å². The molecule has 18 heavy (non-hydrogen) atoms. The van der Waals surface area contributed by atoms with Crippen molar-refractivity contribution in [3.8, 4) is 0 Å². The van der Waals surface area contributed by atoms with Crippen LogP contribution in [0.2, 0.25) is 0 Å². The minimum Gasteiger partial charge on any atom is -0.479 e. The summed E-state index contributed by atoms with van der Waals surface area (Å²) >= 11 is 0. The van der Waals surface area contributed by atoms with Crippen molar-refractivity contribution in [3.05, 3.63) is 0 Å². The second-order valence-electron chi connectivity index (χ2n) is 5.84. The minimum absolute atomic E-state index is 0.162. The zero-order valence-corrected chi connectivity index (χ0v) is 11.1. The summed E-state index contributed by atoms with van der Waals surface area (Å²) in [6, 6.07) is -0.304. The molecule has 2 atom stereocenters. The summed E-state index contributed by atoms with van der Waals surface area (Å²) in [7, 11) is 0. The third kappa shape index (κ3) is 3.87. The van der Waals surface area contributed by atoms with Crippen LogP contribution in [0.4, 0.5) is 4.79 Å². The van der Waals surface area contributed by atoms with Crippen molar-refractivity contribution in [2.75, 3.05) is 19.6 Å². The van der Waals surface area contributed by atoms with E-state index in [1.807, 2.05) is 0 Å². The highest BCUT2D eigenvalue weighted by molar-refractivity contribution is 5.77. The average Bonchev–Trinajstić information content (AvgIpc) is 2.73. The van der Waals surface area contributed by atoms with Gasteiger partial charge in [0.2, 0.25) is 0 Å². The molecule has 6 nitrogen and oxygen atoms in total. The number of amides is 2. The number of aliphatic hydroxyl groups is 1. The van der Waals surface area contributed by atoms with Gasteiger partial charge in [-0.1, -0.05) is 20.8 Å². The number of carbonyl (C=O) groups is 2. The first-order valence-electron chi connectivity index (χ1n) is 6.15. The van der Waals surface area contributed by atoms with Crippen molar-refractivity contribution in [3.63, 3.8) is 0 Å². The maximum Gasteiger partial charge on any atom is 0.334 e. The number of hydrogen-bond donors (Lipinski definition) is 3. The number of carbonyl (C=O) groups excluding carboxylic acids is 1. The van der Waals surface area contributed by atoms with Crippen LogP contribution in [-0.2, 0) is 4.79 Å². The molecule has 1 aliphatic rings. The molecule has 0 aromatic carbocycles. The summed E-state index contributed by atoms with van der Waals surface area (Å²) in [5.41, 5.74) is 0.162. The lowest BCUT2D eigenvalue weighted by Gasteiger charge is -2.27. The van der Waals surface area contributed by atoms with E-state index in [1.54, 1.807) is 4.90 Å². The Hall–Kier alpha value is -1.30. The molecule has 1 rings (SSSR count). The summed E-state index contributed by atoms with van der Waals surface area (Å²) in [4.78, 5) is 23.8. The quantitative estimate of drug-likeness (QED) is 0.688. The molecule has 0 aliphatic carbocycles. The summed E-state index contributed by atoms with van der Waals surface area (Å²) < 4.78 is 0. The highest BCUT2D eigenvalue weighted by Gasteiger charge is 2.33. The number of nitrogens with one attached hydrogen (secondary N) is 1. The SMILES string of the molecule is CC(C)(C)C1CCN(C(=O)NC[C@H](O)C(=O)O)C1. The molecule has 1 fully saturated rings. The highest BCUT2D eigenvalue weighted by Crippen LogP contribution is 2.33.